The molecule has 0 aliphatic heterocycles. The molecule has 0 aromatic heterocycles. The van der Waals surface area contributed by atoms with Gasteiger partial charge in [0.15, 0.2) is 5.11 Å². The minimum absolute atomic E-state index is 0.296. The summed E-state index contributed by atoms with van der Waals surface area (Å²) >= 11 is 5.16. The Morgan fingerprint density at radius 3 is 2.71 bits per heavy atom. The van der Waals surface area contributed by atoms with Crippen LogP contribution in [0.5, 0.6) is 0 Å². The van der Waals surface area contributed by atoms with Gasteiger partial charge in [-0.1, -0.05) is 29.8 Å². The minimum Gasteiger partial charge on any atom is -0.331 e. The van der Waals surface area contributed by atoms with Gasteiger partial charge in [0, 0.05) is 5.69 Å². The number of benzene rings is 2. The molecule has 2 aromatic rings. The van der Waals surface area contributed by atoms with E-state index >= 15 is 0 Å². The van der Waals surface area contributed by atoms with Crippen molar-refractivity contribution in [3.8, 4) is 0 Å². The van der Waals surface area contributed by atoms with Gasteiger partial charge in [-0.15, -0.1) is 0 Å². The molecule has 0 aliphatic rings. The molecular weight excluding hydrogens is 285 g/mol. The third-order valence-corrected chi connectivity index (χ3v) is 3.05. The fourth-order valence-electron chi connectivity index (χ4n) is 1.86. The van der Waals surface area contributed by atoms with E-state index in [1.807, 2.05) is 26.0 Å². The lowest BCUT2D eigenvalue weighted by Crippen LogP contribution is -2.24. The number of hydrazone groups is 1. The van der Waals surface area contributed by atoms with Crippen molar-refractivity contribution in [1.82, 2.24) is 5.43 Å². The van der Waals surface area contributed by atoms with Crippen LogP contribution in [0, 0.1) is 19.7 Å². The standard InChI is InChI=1S/C16H16FN3S/c1-11-6-7-15(12(2)8-11)19-16(21)20-18-10-13-4-3-5-14(17)9-13/h3-10H,1-2H3,(H2,19,20,21). The van der Waals surface area contributed by atoms with E-state index < -0.39 is 0 Å². The SMILES string of the molecule is Cc1ccc(NC(=S)NN=Cc2cccc(F)c2)c(C)c1. The number of hydrogen-bond acceptors (Lipinski definition) is 2. The second kappa shape index (κ2) is 6.95. The van der Waals surface area contributed by atoms with Gasteiger partial charge in [-0.2, -0.15) is 5.10 Å². The van der Waals surface area contributed by atoms with Crippen molar-refractivity contribution in [3.63, 3.8) is 0 Å². The van der Waals surface area contributed by atoms with Crippen LogP contribution in [0.25, 0.3) is 0 Å². The fourth-order valence-corrected chi connectivity index (χ4v) is 2.02. The third kappa shape index (κ3) is 4.65. The topological polar surface area (TPSA) is 36.4 Å². The van der Waals surface area contributed by atoms with Crippen molar-refractivity contribution in [2.45, 2.75) is 13.8 Å². The first-order valence-corrected chi connectivity index (χ1v) is 6.88. The first-order chi connectivity index (χ1) is 10.0. The van der Waals surface area contributed by atoms with Crippen molar-refractivity contribution in [2.24, 2.45) is 5.10 Å². The second-order valence-corrected chi connectivity index (χ2v) is 5.11. The van der Waals surface area contributed by atoms with Crippen LogP contribution < -0.4 is 10.7 Å². The molecule has 0 fully saturated rings. The summed E-state index contributed by atoms with van der Waals surface area (Å²) in [4.78, 5) is 0. The van der Waals surface area contributed by atoms with Gasteiger partial charge in [-0.25, -0.2) is 4.39 Å². The lowest BCUT2D eigenvalue weighted by atomic mass is 10.1. The molecule has 0 amide bonds. The van der Waals surface area contributed by atoms with Crippen LogP contribution >= 0.6 is 12.2 Å². The van der Waals surface area contributed by atoms with E-state index in [0.29, 0.717) is 10.7 Å². The number of anilines is 1. The van der Waals surface area contributed by atoms with E-state index in [-0.39, 0.29) is 5.82 Å². The van der Waals surface area contributed by atoms with Gasteiger partial charge in [-0.05, 0) is 55.4 Å². The highest BCUT2D eigenvalue weighted by molar-refractivity contribution is 7.80. The van der Waals surface area contributed by atoms with Crippen LogP contribution in [0.2, 0.25) is 0 Å². The number of halogens is 1. The summed E-state index contributed by atoms with van der Waals surface area (Å²) in [7, 11) is 0. The Bertz CT molecular complexity index is 683. The molecule has 0 unspecified atom stereocenters. The molecule has 0 heterocycles. The summed E-state index contributed by atoms with van der Waals surface area (Å²) in [6, 6.07) is 12.2. The molecule has 0 atom stereocenters. The molecule has 0 spiro atoms. The van der Waals surface area contributed by atoms with E-state index in [0.717, 1.165) is 11.3 Å². The molecule has 0 saturated heterocycles. The molecule has 108 valence electrons. The van der Waals surface area contributed by atoms with Crippen molar-refractivity contribution in [3.05, 3.63) is 65.0 Å². The maximum absolute atomic E-state index is 13.0. The Labute approximate surface area is 128 Å². The van der Waals surface area contributed by atoms with Crippen molar-refractivity contribution < 1.29 is 4.39 Å². The maximum Gasteiger partial charge on any atom is 0.191 e. The molecule has 0 radical (unpaired) electrons. The molecule has 2 N–H and O–H groups in total. The Balaban J connectivity index is 1.93. The molecule has 0 saturated carbocycles. The highest BCUT2D eigenvalue weighted by Crippen LogP contribution is 2.15. The number of rotatable bonds is 3. The zero-order valence-electron chi connectivity index (χ0n) is 11.9. The number of thiocarbonyl (C=S) groups is 1. The Hall–Kier alpha value is -2.27. The lowest BCUT2D eigenvalue weighted by Gasteiger charge is -2.10. The zero-order valence-corrected chi connectivity index (χ0v) is 12.7. The maximum atomic E-state index is 13.0. The van der Waals surface area contributed by atoms with Crippen molar-refractivity contribution in [1.29, 1.82) is 0 Å². The molecule has 5 heteroatoms. The minimum atomic E-state index is -0.296. The van der Waals surface area contributed by atoms with Crippen molar-refractivity contribution in [2.75, 3.05) is 5.32 Å². The number of nitrogens with zero attached hydrogens (tertiary/aromatic N) is 1. The molecule has 0 bridgehead atoms. The van der Waals surface area contributed by atoms with Crippen molar-refractivity contribution >= 4 is 29.2 Å². The predicted molar refractivity (Wildman–Crippen MR) is 89.3 cm³/mol. The van der Waals surface area contributed by atoms with Crippen LogP contribution in [0.15, 0.2) is 47.6 Å². The highest BCUT2D eigenvalue weighted by atomic mass is 32.1. The second-order valence-electron chi connectivity index (χ2n) is 4.70. The van der Waals surface area contributed by atoms with Crippen LogP contribution in [0.1, 0.15) is 16.7 Å². The first-order valence-electron chi connectivity index (χ1n) is 6.47. The van der Waals surface area contributed by atoms with Crippen LogP contribution in [-0.2, 0) is 0 Å². The van der Waals surface area contributed by atoms with E-state index in [9.17, 15) is 4.39 Å². The number of nitrogens with one attached hydrogen (secondary N) is 2. The Morgan fingerprint density at radius 2 is 2.00 bits per heavy atom. The Morgan fingerprint density at radius 1 is 1.19 bits per heavy atom. The largest absolute Gasteiger partial charge is 0.331 e. The molecule has 0 aliphatic carbocycles. The monoisotopic (exact) mass is 301 g/mol. The van der Waals surface area contributed by atoms with Crippen LogP contribution in [0.4, 0.5) is 10.1 Å². The molecule has 21 heavy (non-hydrogen) atoms. The summed E-state index contributed by atoms with van der Waals surface area (Å²) in [6.45, 7) is 4.05. The van der Waals surface area contributed by atoms with E-state index in [4.69, 9.17) is 12.2 Å². The zero-order chi connectivity index (χ0) is 15.2. The van der Waals surface area contributed by atoms with E-state index in [1.54, 1.807) is 12.1 Å². The summed E-state index contributed by atoms with van der Waals surface area (Å²) < 4.78 is 13.0. The van der Waals surface area contributed by atoms with E-state index in [1.165, 1.54) is 23.9 Å². The van der Waals surface area contributed by atoms with Crippen LogP contribution in [0.3, 0.4) is 0 Å². The highest BCUT2D eigenvalue weighted by Gasteiger charge is 2.00. The summed E-state index contributed by atoms with van der Waals surface area (Å²) in [5, 5.41) is 7.43. The number of hydrogen-bond donors (Lipinski definition) is 2. The summed E-state index contributed by atoms with van der Waals surface area (Å²) in [5.74, 6) is -0.296. The predicted octanol–water partition coefficient (Wildman–Crippen LogP) is 3.76. The van der Waals surface area contributed by atoms with Gasteiger partial charge >= 0.3 is 0 Å². The van der Waals surface area contributed by atoms with Gasteiger partial charge in [0.2, 0.25) is 0 Å². The van der Waals surface area contributed by atoms with Gasteiger partial charge in [0.1, 0.15) is 5.82 Å². The first kappa shape index (κ1) is 15.1. The molecule has 3 nitrogen and oxygen atoms in total. The molecule has 2 aromatic carbocycles. The van der Waals surface area contributed by atoms with Gasteiger partial charge in [-0.3, -0.25) is 5.43 Å². The summed E-state index contributed by atoms with van der Waals surface area (Å²) in [6.07, 6.45) is 1.51. The average molecular weight is 301 g/mol. The molecule has 2 rings (SSSR count). The quantitative estimate of drug-likeness (QED) is 0.515. The number of aryl methyl sites for hydroxylation is 2. The van der Waals surface area contributed by atoms with E-state index in [2.05, 4.69) is 21.9 Å². The summed E-state index contributed by atoms with van der Waals surface area (Å²) in [5.41, 5.74) is 6.60. The Kier molecular flexibility index (Phi) is 5.00. The molecular formula is C16H16FN3S. The normalized spacial score (nSPS) is 10.6. The fraction of sp³-hybridized carbons (Fsp3) is 0.125. The van der Waals surface area contributed by atoms with Gasteiger partial charge in [0.25, 0.3) is 0 Å². The lowest BCUT2D eigenvalue weighted by molar-refractivity contribution is 0.627. The third-order valence-electron chi connectivity index (χ3n) is 2.86. The van der Waals surface area contributed by atoms with Crippen LogP contribution in [-0.4, -0.2) is 11.3 Å². The van der Waals surface area contributed by atoms with Gasteiger partial charge in [0.05, 0.1) is 6.21 Å². The van der Waals surface area contributed by atoms with Gasteiger partial charge < -0.3 is 5.32 Å². The average Bonchev–Trinajstić information content (AvgIpc) is 2.42. The smallest absolute Gasteiger partial charge is 0.191 e.